The Labute approximate surface area is 154 Å². The van der Waals surface area contributed by atoms with Crippen LogP contribution < -0.4 is 10.1 Å². The van der Waals surface area contributed by atoms with Gasteiger partial charge in [0.15, 0.2) is 9.76 Å². The molecule has 0 fully saturated rings. The summed E-state index contributed by atoms with van der Waals surface area (Å²) >= 11 is 0. The Bertz CT molecular complexity index is 623. The molecule has 12 heteroatoms. The van der Waals surface area contributed by atoms with Crippen molar-refractivity contribution in [1.29, 1.82) is 0 Å². The second-order valence-electron chi connectivity index (χ2n) is 5.74. The van der Waals surface area contributed by atoms with Crippen LogP contribution in [-0.2, 0) is 13.9 Å². The van der Waals surface area contributed by atoms with Crippen LogP contribution in [0.5, 0.6) is 5.75 Å². The Morgan fingerprint density at radius 1 is 0.889 bits per heavy atom. The lowest BCUT2D eigenvalue weighted by molar-refractivity contribution is -0.275. The van der Waals surface area contributed by atoms with Crippen LogP contribution in [0.15, 0.2) is 0 Å². The maximum atomic E-state index is 13.4. The molecule has 0 radical (unpaired) electrons. The predicted molar refractivity (Wildman–Crippen MR) is 86.1 cm³/mol. The number of hydrogen-bond donors (Lipinski definition) is 1. The number of ether oxygens (including phenoxy) is 3. The summed E-state index contributed by atoms with van der Waals surface area (Å²) in [5.41, 5.74) is 0. The Balaban J connectivity index is 2.57. The van der Waals surface area contributed by atoms with Gasteiger partial charge < -0.3 is 24.0 Å². The first-order valence-corrected chi connectivity index (χ1v) is 9.51. The third kappa shape index (κ3) is 7.05. The van der Waals surface area contributed by atoms with E-state index in [0.29, 0.717) is 0 Å². The largest absolute Gasteiger partial charge is 0.412 e. The van der Waals surface area contributed by atoms with Crippen molar-refractivity contribution in [2.45, 2.75) is 46.4 Å². The van der Waals surface area contributed by atoms with Crippen LogP contribution in [0.2, 0.25) is 0 Å². The predicted octanol–water partition coefficient (Wildman–Crippen LogP) is 2.66. The molecule has 0 aliphatic rings. The van der Waals surface area contributed by atoms with Gasteiger partial charge in [-0.2, -0.15) is 8.78 Å². The highest BCUT2D eigenvalue weighted by Gasteiger charge is 2.28. The molecule has 0 atom stereocenters. The zero-order valence-electron chi connectivity index (χ0n) is 15.1. The Kier molecular flexibility index (Phi) is 9.09. The van der Waals surface area contributed by atoms with Gasteiger partial charge in [0.05, 0.1) is 12.2 Å². The van der Waals surface area contributed by atoms with Gasteiger partial charge in [-0.05, 0) is 27.7 Å². The second kappa shape index (κ2) is 10.5. The van der Waals surface area contributed by atoms with Crippen molar-refractivity contribution in [2.75, 3.05) is 6.17 Å². The molecule has 1 rings (SSSR count). The van der Waals surface area contributed by atoms with E-state index in [-0.39, 0.29) is 18.4 Å². The van der Waals surface area contributed by atoms with Gasteiger partial charge in [-0.25, -0.2) is 18.0 Å². The van der Waals surface area contributed by atoms with E-state index in [1.54, 1.807) is 27.7 Å². The van der Waals surface area contributed by atoms with E-state index in [0.717, 1.165) is 0 Å². The van der Waals surface area contributed by atoms with Crippen molar-refractivity contribution >= 4 is 15.9 Å². The molecule has 0 spiro atoms. The first-order chi connectivity index (χ1) is 12.5. The molecule has 1 aromatic carbocycles. The van der Waals surface area contributed by atoms with E-state index in [4.69, 9.17) is 13.9 Å². The van der Waals surface area contributed by atoms with Crippen molar-refractivity contribution in [3.05, 3.63) is 29.1 Å². The molecule has 1 amide bonds. The van der Waals surface area contributed by atoms with Gasteiger partial charge in [0.25, 0.3) is 6.48 Å². The van der Waals surface area contributed by atoms with Crippen LogP contribution >= 0.6 is 0 Å². The van der Waals surface area contributed by atoms with Crippen LogP contribution in [0.1, 0.15) is 27.7 Å². The van der Waals surface area contributed by atoms with Gasteiger partial charge in [0.1, 0.15) is 0 Å². The maximum Gasteiger partial charge on any atom is 0.412 e. The maximum absolute atomic E-state index is 13.4. The number of amides is 1. The van der Waals surface area contributed by atoms with Crippen LogP contribution in [0, 0.1) is 29.1 Å². The zero-order chi connectivity index (χ0) is 20.7. The van der Waals surface area contributed by atoms with Crippen molar-refractivity contribution in [2.24, 2.45) is 0 Å². The molecule has 0 aliphatic carbocycles. The molecule has 0 bridgehead atoms. The van der Waals surface area contributed by atoms with Crippen molar-refractivity contribution in [3.8, 4) is 5.75 Å². The molecule has 0 aromatic heterocycles. The minimum Gasteiger partial charge on any atom is -0.404 e. The number of halogens is 5. The summed E-state index contributed by atoms with van der Waals surface area (Å²) in [7, 11) is -1.45. The van der Waals surface area contributed by atoms with Gasteiger partial charge in [-0.3, -0.25) is 0 Å². The molecule has 1 N–H and O–H groups in total. The monoisotopic (exact) mass is 417 g/mol. The third-order valence-electron chi connectivity index (χ3n) is 2.76. The van der Waals surface area contributed by atoms with E-state index in [2.05, 4.69) is 10.1 Å². The highest BCUT2D eigenvalue weighted by atomic mass is 28.2. The fraction of sp³-hybridized carbons (Fsp3) is 0.533. The molecule has 27 heavy (non-hydrogen) atoms. The summed E-state index contributed by atoms with van der Waals surface area (Å²) in [5, 5.41) is 2.09. The number of nitrogens with one attached hydrogen (secondary N) is 1. The first-order valence-electron chi connectivity index (χ1n) is 7.94. The number of benzene rings is 1. The minimum atomic E-state index is -2.35. The van der Waals surface area contributed by atoms with Gasteiger partial charge in [0, 0.05) is 6.17 Å². The average molecular weight is 417 g/mol. The summed E-state index contributed by atoms with van der Waals surface area (Å²) in [6.45, 7) is 6.11. The Morgan fingerprint density at radius 2 is 1.33 bits per heavy atom. The average Bonchev–Trinajstić information content (AvgIpc) is 2.58. The van der Waals surface area contributed by atoms with Gasteiger partial charge in [-0.1, -0.05) is 0 Å². The quantitative estimate of drug-likeness (QED) is 0.167. The van der Waals surface area contributed by atoms with E-state index in [9.17, 15) is 26.7 Å². The normalized spacial score (nSPS) is 12.0. The van der Waals surface area contributed by atoms with Gasteiger partial charge in [0.2, 0.25) is 34.8 Å². The lowest BCUT2D eigenvalue weighted by atomic mass is 10.3. The summed E-state index contributed by atoms with van der Waals surface area (Å²) in [6.07, 6.45) is -1.85. The minimum absolute atomic E-state index is 0.0758. The lowest BCUT2D eigenvalue weighted by Crippen LogP contribution is -2.35. The van der Waals surface area contributed by atoms with Crippen LogP contribution in [-0.4, -0.2) is 40.7 Å². The van der Waals surface area contributed by atoms with Gasteiger partial charge in [-0.15, -0.1) is 0 Å². The van der Waals surface area contributed by atoms with Gasteiger partial charge >= 0.3 is 6.09 Å². The first kappa shape index (κ1) is 23.3. The summed E-state index contributed by atoms with van der Waals surface area (Å²) < 4.78 is 86.1. The van der Waals surface area contributed by atoms with E-state index in [1.165, 1.54) is 0 Å². The molecule has 0 saturated carbocycles. The standard InChI is InChI=1S/C15H20F5NO5Si/c1-6(2)23-15(24-7(3)4)26-27-5-21-14(22)25-13-11(19)9(17)8(16)10(18)12(13)20/h6-7,15H,5,27H2,1-4H3,(H,21,22). The van der Waals surface area contributed by atoms with Crippen LogP contribution in [0.3, 0.4) is 0 Å². The van der Waals surface area contributed by atoms with E-state index in [1.807, 2.05) is 0 Å². The lowest BCUT2D eigenvalue weighted by Gasteiger charge is -2.23. The highest BCUT2D eigenvalue weighted by Crippen LogP contribution is 2.29. The summed E-state index contributed by atoms with van der Waals surface area (Å²) in [4.78, 5) is 11.5. The molecule has 1 aromatic rings. The number of carbonyl (C=O) groups is 1. The number of rotatable bonds is 9. The molecule has 6 nitrogen and oxygen atoms in total. The molecule has 0 unspecified atom stereocenters. The Morgan fingerprint density at radius 3 is 1.78 bits per heavy atom. The smallest absolute Gasteiger partial charge is 0.404 e. The van der Waals surface area contributed by atoms with Crippen LogP contribution in [0.25, 0.3) is 0 Å². The van der Waals surface area contributed by atoms with Crippen LogP contribution in [0.4, 0.5) is 26.7 Å². The van der Waals surface area contributed by atoms with Crippen molar-refractivity contribution in [3.63, 3.8) is 0 Å². The fourth-order valence-electron chi connectivity index (χ4n) is 1.67. The fourth-order valence-corrected chi connectivity index (χ4v) is 2.44. The molecule has 0 saturated heterocycles. The summed E-state index contributed by atoms with van der Waals surface area (Å²) in [5.74, 6) is -12.9. The zero-order valence-corrected chi connectivity index (χ0v) is 16.5. The highest BCUT2D eigenvalue weighted by molar-refractivity contribution is 6.27. The van der Waals surface area contributed by atoms with E-state index >= 15 is 0 Å². The number of carbonyl (C=O) groups excluding carboxylic acids is 1. The summed E-state index contributed by atoms with van der Waals surface area (Å²) in [6, 6.07) is 0. The molecular formula is C15H20F5NO5Si. The van der Waals surface area contributed by atoms with E-state index < -0.39 is 57.2 Å². The molecule has 154 valence electrons. The topological polar surface area (TPSA) is 66.0 Å². The second-order valence-corrected chi connectivity index (χ2v) is 6.99. The Hall–Kier alpha value is -1.76. The SMILES string of the molecule is CC(C)OC(O[SiH2]CNC(=O)Oc1c(F)c(F)c(F)c(F)c1F)OC(C)C. The van der Waals surface area contributed by atoms with Crippen molar-refractivity contribution < 1.29 is 45.4 Å². The number of hydrogen-bond acceptors (Lipinski definition) is 5. The molecule has 0 aliphatic heterocycles. The molecular weight excluding hydrogens is 397 g/mol. The third-order valence-corrected chi connectivity index (χ3v) is 3.72. The molecule has 0 heterocycles. The van der Waals surface area contributed by atoms with Crippen molar-refractivity contribution in [1.82, 2.24) is 5.32 Å².